The normalized spacial score (nSPS) is 13.3. The van der Waals surface area contributed by atoms with Crippen LogP contribution < -0.4 is 5.32 Å². The number of rotatable bonds is 5. The molecule has 3 N–H and O–H groups in total. The maximum absolute atomic E-state index is 10.7. The minimum absolute atomic E-state index is 0.0356. The van der Waals surface area contributed by atoms with E-state index in [1.807, 2.05) is 0 Å². The number of hydrogen-bond donors (Lipinski definition) is 3. The number of nitrogens with zero attached hydrogens (tertiary/aromatic N) is 1. The van der Waals surface area contributed by atoms with Gasteiger partial charge in [0, 0.05) is 19.0 Å². The number of benzene rings is 1. The van der Waals surface area contributed by atoms with Crippen LogP contribution in [0.1, 0.15) is 18.6 Å². The standard InChI is InChI=1S/C12H14N2O3S/c1-8(15)13-6-11(16)12(17)9-4-2-3-5-10(9)14-7-18/h2-5,11-12,16-17H,6H2,1H3,(H,13,15). The van der Waals surface area contributed by atoms with Crippen LogP contribution in [0.2, 0.25) is 0 Å². The molecule has 96 valence electrons. The van der Waals surface area contributed by atoms with E-state index in [1.54, 1.807) is 24.3 Å². The first kappa shape index (κ1) is 14.5. The molecule has 0 saturated carbocycles. The lowest BCUT2D eigenvalue weighted by Crippen LogP contribution is -2.34. The van der Waals surface area contributed by atoms with Gasteiger partial charge in [-0.1, -0.05) is 18.2 Å². The highest BCUT2D eigenvalue weighted by molar-refractivity contribution is 7.78. The summed E-state index contributed by atoms with van der Waals surface area (Å²) < 4.78 is 0. The van der Waals surface area contributed by atoms with Gasteiger partial charge in [-0.3, -0.25) is 4.79 Å². The number of hydrogen-bond acceptors (Lipinski definition) is 5. The number of isothiocyanates is 1. The average molecular weight is 266 g/mol. The van der Waals surface area contributed by atoms with Crippen LogP contribution >= 0.6 is 12.2 Å². The molecule has 0 aromatic heterocycles. The quantitative estimate of drug-likeness (QED) is 0.547. The first-order chi connectivity index (χ1) is 8.56. The molecule has 6 heteroatoms. The summed E-state index contributed by atoms with van der Waals surface area (Å²) in [5.41, 5.74) is 0.884. The Hall–Kier alpha value is -1.59. The van der Waals surface area contributed by atoms with Crippen LogP contribution in [0.5, 0.6) is 0 Å². The summed E-state index contributed by atoms with van der Waals surface area (Å²) >= 11 is 4.51. The maximum Gasteiger partial charge on any atom is 0.216 e. The second-order valence-electron chi connectivity index (χ2n) is 3.71. The summed E-state index contributed by atoms with van der Waals surface area (Å²) in [6, 6.07) is 6.74. The molecule has 0 fully saturated rings. The minimum Gasteiger partial charge on any atom is -0.388 e. The molecule has 1 aromatic carbocycles. The molecule has 0 spiro atoms. The molecule has 18 heavy (non-hydrogen) atoms. The Morgan fingerprint density at radius 1 is 1.50 bits per heavy atom. The SMILES string of the molecule is CC(=O)NCC(O)C(O)c1ccccc1N=C=S. The molecule has 0 aliphatic rings. The predicted molar refractivity (Wildman–Crippen MR) is 70.8 cm³/mol. The fourth-order valence-electron chi connectivity index (χ4n) is 1.46. The number of aliphatic hydroxyl groups excluding tert-OH is 2. The highest BCUT2D eigenvalue weighted by atomic mass is 32.1. The molecule has 0 aliphatic heterocycles. The fraction of sp³-hybridized carbons (Fsp3) is 0.333. The van der Waals surface area contributed by atoms with E-state index in [0.717, 1.165) is 0 Å². The molecular formula is C12H14N2O3S. The Balaban J connectivity index is 2.85. The van der Waals surface area contributed by atoms with Crippen molar-refractivity contribution in [1.29, 1.82) is 0 Å². The van der Waals surface area contributed by atoms with Gasteiger partial charge in [-0.2, -0.15) is 4.99 Å². The van der Waals surface area contributed by atoms with Crippen LogP contribution in [0.15, 0.2) is 29.3 Å². The van der Waals surface area contributed by atoms with Crippen LogP contribution in [-0.2, 0) is 4.79 Å². The van der Waals surface area contributed by atoms with Gasteiger partial charge in [0.15, 0.2) is 0 Å². The van der Waals surface area contributed by atoms with Crippen molar-refractivity contribution in [2.24, 2.45) is 4.99 Å². The molecule has 0 bridgehead atoms. The molecule has 2 unspecified atom stereocenters. The molecule has 0 aliphatic carbocycles. The number of aliphatic hydroxyl groups is 2. The van der Waals surface area contributed by atoms with Crippen molar-refractivity contribution in [2.75, 3.05) is 6.54 Å². The third-order valence-electron chi connectivity index (χ3n) is 2.35. The Labute approximate surface area is 110 Å². The lowest BCUT2D eigenvalue weighted by molar-refractivity contribution is -0.119. The zero-order valence-electron chi connectivity index (χ0n) is 9.83. The van der Waals surface area contributed by atoms with Gasteiger partial charge in [-0.15, -0.1) is 0 Å². The van der Waals surface area contributed by atoms with Gasteiger partial charge in [0.25, 0.3) is 0 Å². The van der Waals surface area contributed by atoms with Gasteiger partial charge in [0.1, 0.15) is 12.2 Å². The first-order valence-corrected chi connectivity index (χ1v) is 5.74. The van der Waals surface area contributed by atoms with Gasteiger partial charge in [0.2, 0.25) is 5.91 Å². The maximum atomic E-state index is 10.7. The fourth-order valence-corrected chi connectivity index (χ4v) is 1.55. The Bertz CT molecular complexity index is 472. The Morgan fingerprint density at radius 2 is 2.17 bits per heavy atom. The van der Waals surface area contributed by atoms with Crippen molar-refractivity contribution in [3.8, 4) is 0 Å². The Morgan fingerprint density at radius 3 is 2.78 bits per heavy atom. The van der Waals surface area contributed by atoms with Crippen molar-refractivity contribution in [3.63, 3.8) is 0 Å². The topological polar surface area (TPSA) is 81.9 Å². The monoisotopic (exact) mass is 266 g/mol. The first-order valence-electron chi connectivity index (χ1n) is 5.33. The summed E-state index contributed by atoms with van der Waals surface area (Å²) in [6.45, 7) is 1.30. The van der Waals surface area contributed by atoms with E-state index < -0.39 is 12.2 Å². The third-order valence-corrected chi connectivity index (χ3v) is 2.44. The van der Waals surface area contributed by atoms with E-state index >= 15 is 0 Å². The predicted octanol–water partition coefficient (Wildman–Crippen LogP) is 0.951. The number of amides is 1. The van der Waals surface area contributed by atoms with E-state index in [0.29, 0.717) is 11.3 Å². The summed E-state index contributed by atoms with van der Waals surface area (Å²) in [7, 11) is 0. The zero-order valence-corrected chi connectivity index (χ0v) is 10.6. The lowest BCUT2D eigenvalue weighted by atomic mass is 10.0. The summed E-state index contributed by atoms with van der Waals surface area (Å²) in [6.07, 6.45) is -2.27. The van der Waals surface area contributed by atoms with E-state index in [1.165, 1.54) is 6.92 Å². The molecule has 1 rings (SSSR count). The van der Waals surface area contributed by atoms with Crippen LogP contribution in [-0.4, -0.2) is 33.9 Å². The van der Waals surface area contributed by atoms with Gasteiger partial charge in [-0.25, -0.2) is 0 Å². The van der Waals surface area contributed by atoms with Crippen molar-refractivity contribution in [1.82, 2.24) is 5.32 Å². The zero-order chi connectivity index (χ0) is 13.5. The van der Waals surface area contributed by atoms with E-state index in [4.69, 9.17) is 0 Å². The van der Waals surface area contributed by atoms with Gasteiger partial charge in [0.05, 0.1) is 10.8 Å². The second kappa shape index (κ2) is 6.98. The smallest absolute Gasteiger partial charge is 0.216 e. The Kier molecular flexibility index (Phi) is 5.61. The molecule has 0 radical (unpaired) electrons. The molecule has 0 heterocycles. The van der Waals surface area contributed by atoms with Crippen LogP contribution in [0.4, 0.5) is 5.69 Å². The number of aliphatic imine (C=N–C) groups is 1. The molecule has 0 saturated heterocycles. The van der Waals surface area contributed by atoms with Crippen molar-refractivity contribution >= 4 is 29.0 Å². The number of nitrogens with one attached hydrogen (secondary N) is 1. The minimum atomic E-state index is -1.15. The lowest BCUT2D eigenvalue weighted by Gasteiger charge is -2.19. The highest BCUT2D eigenvalue weighted by Crippen LogP contribution is 2.27. The van der Waals surface area contributed by atoms with E-state index in [9.17, 15) is 15.0 Å². The van der Waals surface area contributed by atoms with Crippen LogP contribution in [0.25, 0.3) is 0 Å². The molecule has 1 amide bonds. The number of carbonyl (C=O) groups excluding carboxylic acids is 1. The third kappa shape index (κ3) is 4.01. The molecule has 2 atom stereocenters. The number of para-hydroxylation sites is 1. The number of thiocarbonyl (C=S) groups is 1. The number of carbonyl (C=O) groups is 1. The van der Waals surface area contributed by atoms with Crippen molar-refractivity contribution in [2.45, 2.75) is 19.1 Å². The van der Waals surface area contributed by atoms with Gasteiger partial charge < -0.3 is 15.5 Å². The van der Waals surface area contributed by atoms with Gasteiger partial charge >= 0.3 is 0 Å². The van der Waals surface area contributed by atoms with E-state index in [-0.39, 0.29) is 12.5 Å². The van der Waals surface area contributed by atoms with E-state index in [2.05, 4.69) is 27.7 Å². The largest absolute Gasteiger partial charge is 0.388 e. The van der Waals surface area contributed by atoms with Crippen LogP contribution in [0.3, 0.4) is 0 Å². The van der Waals surface area contributed by atoms with Gasteiger partial charge in [-0.05, 0) is 18.3 Å². The molecule has 1 aromatic rings. The molecule has 5 nitrogen and oxygen atoms in total. The summed E-state index contributed by atoms with van der Waals surface area (Å²) in [5.74, 6) is -0.272. The van der Waals surface area contributed by atoms with Crippen molar-refractivity contribution in [3.05, 3.63) is 29.8 Å². The molecular weight excluding hydrogens is 252 g/mol. The average Bonchev–Trinajstić information content (AvgIpc) is 2.36. The van der Waals surface area contributed by atoms with Crippen molar-refractivity contribution < 1.29 is 15.0 Å². The van der Waals surface area contributed by atoms with Crippen LogP contribution in [0, 0.1) is 0 Å². The second-order valence-corrected chi connectivity index (χ2v) is 3.89. The summed E-state index contributed by atoms with van der Waals surface area (Å²) in [5, 5.41) is 24.4. The highest BCUT2D eigenvalue weighted by Gasteiger charge is 2.20. The summed E-state index contributed by atoms with van der Waals surface area (Å²) in [4.78, 5) is 14.5.